The first kappa shape index (κ1) is 24.3. The van der Waals surface area contributed by atoms with Gasteiger partial charge < -0.3 is 14.2 Å². The predicted octanol–water partition coefficient (Wildman–Crippen LogP) is 4.97. The summed E-state index contributed by atoms with van der Waals surface area (Å²) in [7, 11) is 0. The zero-order valence-electron chi connectivity index (χ0n) is 21.5. The molecule has 0 N–H and O–H groups in total. The fraction of sp³-hybridized carbons (Fsp3) is 0.379. The number of ether oxygens (including phenoxy) is 1. The lowest BCUT2D eigenvalue weighted by molar-refractivity contribution is -0.143. The van der Waals surface area contributed by atoms with Crippen LogP contribution in [0.1, 0.15) is 60.4 Å². The van der Waals surface area contributed by atoms with Gasteiger partial charge >= 0.3 is 6.09 Å². The van der Waals surface area contributed by atoms with E-state index >= 15 is 0 Å². The van der Waals surface area contributed by atoms with Crippen molar-refractivity contribution in [2.45, 2.75) is 64.1 Å². The first-order valence-corrected chi connectivity index (χ1v) is 12.9. The number of benzene rings is 2. The molecule has 3 aromatic rings. The molecule has 196 valence electrons. The molecule has 2 fully saturated rings. The van der Waals surface area contributed by atoms with E-state index in [9.17, 15) is 18.8 Å². The van der Waals surface area contributed by atoms with Gasteiger partial charge in [-0.2, -0.15) is 0 Å². The number of carbonyl (C=O) groups excluding carboxylic acids is 3. The van der Waals surface area contributed by atoms with E-state index in [-0.39, 0.29) is 23.8 Å². The van der Waals surface area contributed by atoms with Crippen LogP contribution in [-0.2, 0) is 26.3 Å². The van der Waals surface area contributed by atoms with Gasteiger partial charge in [-0.25, -0.2) is 14.1 Å². The molecule has 0 unspecified atom stereocenters. The Morgan fingerprint density at radius 1 is 1.13 bits per heavy atom. The summed E-state index contributed by atoms with van der Waals surface area (Å²) < 4.78 is 24.5. The minimum Gasteiger partial charge on any atom is -0.427 e. The van der Waals surface area contributed by atoms with Gasteiger partial charge in [0.2, 0.25) is 11.5 Å². The lowest BCUT2D eigenvalue weighted by atomic mass is 9.92. The second kappa shape index (κ2) is 8.79. The van der Waals surface area contributed by atoms with Gasteiger partial charge in [0.1, 0.15) is 18.1 Å². The number of hydrogen-bond acceptors (Lipinski definition) is 6. The number of amides is 3. The number of carbonyl (C=O) groups is 3. The maximum absolute atomic E-state index is 13.7. The molecule has 2 saturated heterocycles. The van der Waals surface area contributed by atoms with Crippen molar-refractivity contribution in [1.82, 2.24) is 15.0 Å². The van der Waals surface area contributed by atoms with Gasteiger partial charge in [0.25, 0.3) is 5.91 Å². The predicted molar refractivity (Wildman–Crippen MR) is 134 cm³/mol. The zero-order valence-corrected chi connectivity index (χ0v) is 21.5. The Labute approximate surface area is 219 Å². The van der Waals surface area contributed by atoms with Crippen LogP contribution < -0.4 is 0 Å². The quantitative estimate of drug-likeness (QED) is 0.485. The van der Waals surface area contributed by atoms with E-state index in [0.717, 1.165) is 45.7 Å². The summed E-state index contributed by atoms with van der Waals surface area (Å²) in [5.41, 5.74) is 3.59. The summed E-state index contributed by atoms with van der Waals surface area (Å²) in [5, 5.41) is 4.03. The van der Waals surface area contributed by atoms with Crippen molar-refractivity contribution in [2.75, 3.05) is 6.54 Å². The molecule has 6 rings (SSSR count). The molecule has 3 aliphatic rings. The number of hydrogen-bond donors (Lipinski definition) is 0. The number of nitrogens with zero attached hydrogens (tertiary/aromatic N) is 3. The highest BCUT2D eigenvalue weighted by Crippen LogP contribution is 2.47. The molecule has 9 heteroatoms. The van der Waals surface area contributed by atoms with Crippen LogP contribution in [0.5, 0.6) is 0 Å². The Hall–Kier alpha value is -4.01. The topological polar surface area (TPSA) is 93.0 Å². The van der Waals surface area contributed by atoms with Crippen LogP contribution >= 0.6 is 0 Å². The summed E-state index contributed by atoms with van der Waals surface area (Å²) in [6.45, 7) is 5.27. The molecule has 0 saturated carbocycles. The van der Waals surface area contributed by atoms with Crippen LogP contribution in [0.25, 0.3) is 11.1 Å². The van der Waals surface area contributed by atoms with Gasteiger partial charge in [-0.3, -0.25) is 9.59 Å². The van der Waals surface area contributed by atoms with Crippen molar-refractivity contribution in [1.29, 1.82) is 0 Å². The van der Waals surface area contributed by atoms with Crippen molar-refractivity contribution < 1.29 is 28.0 Å². The SMILES string of the molecule is Cc1noc(C)c1-c1ccc2c(c1)CC[C@@]21OC(=O)N(CC(=O)N2[C@@H](C)CC[C@H]2c2ccc(F)cc2)C1=O. The van der Waals surface area contributed by atoms with Crippen molar-refractivity contribution in [3.63, 3.8) is 0 Å². The monoisotopic (exact) mass is 517 g/mol. The van der Waals surface area contributed by atoms with Crippen molar-refractivity contribution in [3.8, 4) is 11.1 Å². The lowest BCUT2D eigenvalue weighted by Gasteiger charge is -2.30. The number of aryl methyl sites for hydroxylation is 3. The summed E-state index contributed by atoms with van der Waals surface area (Å²) in [6.07, 6.45) is 1.57. The summed E-state index contributed by atoms with van der Waals surface area (Å²) >= 11 is 0. The minimum atomic E-state index is -1.42. The Morgan fingerprint density at radius 3 is 2.61 bits per heavy atom. The van der Waals surface area contributed by atoms with Crippen LogP contribution in [0.15, 0.2) is 47.0 Å². The van der Waals surface area contributed by atoms with E-state index < -0.39 is 24.1 Å². The average molecular weight is 518 g/mol. The van der Waals surface area contributed by atoms with Crippen LogP contribution in [0.3, 0.4) is 0 Å². The highest BCUT2D eigenvalue weighted by Gasteiger charge is 2.58. The third-order valence-corrected chi connectivity index (χ3v) is 8.19. The van der Waals surface area contributed by atoms with E-state index in [1.807, 2.05) is 39.0 Å². The third kappa shape index (κ3) is 3.63. The second-order valence-corrected chi connectivity index (χ2v) is 10.5. The van der Waals surface area contributed by atoms with Crippen LogP contribution in [0.4, 0.5) is 9.18 Å². The van der Waals surface area contributed by atoms with Crippen LogP contribution in [0, 0.1) is 19.7 Å². The molecule has 0 radical (unpaired) electrons. The lowest BCUT2D eigenvalue weighted by Crippen LogP contribution is -2.46. The fourth-order valence-electron chi connectivity index (χ4n) is 6.34. The Balaban J connectivity index is 1.25. The van der Waals surface area contributed by atoms with Gasteiger partial charge in [0.05, 0.1) is 11.7 Å². The molecule has 1 spiro atoms. The first-order valence-electron chi connectivity index (χ1n) is 12.9. The number of halogens is 1. The average Bonchev–Trinajstić information content (AvgIpc) is 3.62. The summed E-state index contributed by atoms with van der Waals surface area (Å²) in [4.78, 5) is 42.8. The van der Waals surface area contributed by atoms with Gasteiger partial charge in [-0.05, 0) is 68.9 Å². The standard InChI is InChI=1S/C29H28FN3O5/c1-16-4-11-24(19-5-8-22(30)9-6-19)33(16)25(34)15-32-27(35)29(37-28(32)36)13-12-20-14-21(7-10-23(20)29)26-17(2)31-38-18(26)3/h5-10,14,16,24H,4,11-13,15H2,1-3H3/t16-,24-,29+/m0/s1. The van der Waals surface area contributed by atoms with Gasteiger partial charge in [0.15, 0.2) is 0 Å². The molecular formula is C29H28FN3O5. The van der Waals surface area contributed by atoms with E-state index in [1.54, 1.807) is 17.0 Å². The van der Waals surface area contributed by atoms with E-state index in [0.29, 0.717) is 24.2 Å². The fourth-order valence-corrected chi connectivity index (χ4v) is 6.34. The van der Waals surface area contributed by atoms with E-state index in [4.69, 9.17) is 9.26 Å². The zero-order chi connectivity index (χ0) is 26.8. The van der Waals surface area contributed by atoms with Crippen molar-refractivity contribution in [2.24, 2.45) is 0 Å². The van der Waals surface area contributed by atoms with Crippen LogP contribution in [-0.4, -0.2) is 45.5 Å². The molecule has 38 heavy (non-hydrogen) atoms. The number of fused-ring (bicyclic) bond motifs is 2. The Morgan fingerprint density at radius 2 is 1.89 bits per heavy atom. The molecule has 1 aliphatic carbocycles. The number of imide groups is 1. The molecule has 2 aliphatic heterocycles. The summed E-state index contributed by atoms with van der Waals surface area (Å²) in [5.74, 6) is -0.481. The molecule has 8 nitrogen and oxygen atoms in total. The molecule has 3 atom stereocenters. The molecular weight excluding hydrogens is 489 g/mol. The number of likely N-dealkylation sites (tertiary alicyclic amines) is 1. The van der Waals surface area contributed by atoms with Crippen LogP contribution in [0.2, 0.25) is 0 Å². The van der Waals surface area contributed by atoms with Crippen molar-refractivity contribution in [3.05, 3.63) is 76.4 Å². The van der Waals surface area contributed by atoms with E-state index in [1.165, 1.54) is 12.1 Å². The molecule has 3 heterocycles. The third-order valence-electron chi connectivity index (χ3n) is 8.19. The largest absolute Gasteiger partial charge is 0.427 e. The van der Waals surface area contributed by atoms with Gasteiger partial charge in [-0.1, -0.05) is 35.5 Å². The Kier molecular flexibility index (Phi) is 5.63. The molecule has 3 amide bonds. The van der Waals surface area contributed by atoms with Gasteiger partial charge in [-0.15, -0.1) is 0 Å². The highest BCUT2D eigenvalue weighted by molar-refractivity contribution is 6.06. The highest BCUT2D eigenvalue weighted by atomic mass is 19.1. The Bertz CT molecular complexity index is 1450. The summed E-state index contributed by atoms with van der Waals surface area (Å²) in [6, 6.07) is 11.5. The smallest absolute Gasteiger partial charge is 0.418 e. The molecule has 1 aromatic heterocycles. The van der Waals surface area contributed by atoms with E-state index in [2.05, 4.69) is 5.16 Å². The maximum atomic E-state index is 13.7. The van der Waals surface area contributed by atoms with Crippen molar-refractivity contribution >= 4 is 17.9 Å². The van der Waals surface area contributed by atoms with Gasteiger partial charge in [0, 0.05) is 23.6 Å². The normalized spacial score (nSPS) is 24.4. The number of aromatic nitrogens is 1. The second-order valence-electron chi connectivity index (χ2n) is 10.5. The minimum absolute atomic E-state index is 0.0739. The molecule has 2 aromatic carbocycles. The maximum Gasteiger partial charge on any atom is 0.418 e. The number of rotatable bonds is 4. The molecule has 0 bridgehead atoms. The first-order chi connectivity index (χ1) is 18.2.